The standard InChI is InChI=1S/C21H33N5O4S/c1-15(20(27)23-17-7-9-19(10-8-17)31(22,29)30)26-13-11-18(12-14-26)25-21(28)24-16-5-3-2-4-6-16/h7-10,15-16,18H,2-6,11-14H2,1H3,(H,23,27)(H2,22,29,30)(H2,24,25,28). The van der Waals surface area contributed by atoms with Crippen LogP contribution in [0.2, 0.25) is 0 Å². The van der Waals surface area contributed by atoms with Crippen LogP contribution < -0.4 is 21.1 Å². The van der Waals surface area contributed by atoms with Gasteiger partial charge in [0.15, 0.2) is 0 Å². The van der Waals surface area contributed by atoms with Gasteiger partial charge in [0.05, 0.1) is 10.9 Å². The van der Waals surface area contributed by atoms with Crippen molar-refractivity contribution in [1.29, 1.82) is 0 Å². The first-order chi connectivity index (χ1) is 14.7. The largest absolute Gasteiger partial charge is 0.335 e. The first-order valence-corrected chi connectivity index (χ1v) is 12.5. The molecule has 0 bridgehead atoms. The highest BCUT2D eigenvalue weighted by molar-refractivity contribution is 7.89. The van der Waals surface area contributed by atoms with Crippen molar-refractivity contribution in [1.82, 2.24) is 15.5 Å². The van der Waals surface area contributed by atoms with E-state index in [2.05, 4.69) is 20.9 Å². The van der Waals surface area contributed by atoms with E-state index in [4.69, 9.17) is 5.14 Å². The van der Waals surface area contributed by atoms with E-state index in [1.54, 1.807) is 0 Å². The van der Waals surface area contributed by atoms with Gasteiger partial charge in [0.25, 0.3) is 0 Å². The lowest BCUT2D eigenvalue weighted by atomic mass is 9.96. The number of benzene rings is 1. The number of likely N-dealkylation sites (tertiary alicyclic amines) is 1. The first-order valence-electron chi connectivity index (χ1n) is 11.0. The number of piperidine rings is 1. The van der Waals surface area contributed by atoms with Crippen molar-refractivity contribution in [2.45, 2.75) is 74.9 Å². The van der Waals surface area contributed by atoms with E-state index in [-0.39, 0.29) is 35.0 Å². The van der Waals surface area contributed by atoms with Gasteiger partial charge in [0, 0.05) is 30.9 Å². The van der Waals surface area contributed by atoms with Crippen molar-refractivity contribution >= 4 is 27.6 Å². The molecule has 1 saturated carbocycles. The summed E-state index contributed by atoms with van der Waals surface area (Å²) in [6, 6.07) is 5.75. The Morgan fingerprint density at radius 3 is 2.06 bits per heavy atom. The number of nitrogens with two attached hydrogens (primary N) is 1. The number of hydrogen-bond donors (Lipinski definition) is 4. The average molecular weight is 452 g/mol. The highest BCUT2D eigenvalue weighted by Crippen LogP contribution is 2.18. The third-order valence-corrected chi connectivity index (χ3v) is 7.11. The number of rotatable bonds is 6. The van der Waals surface area contributed by atoms with Crippen molar-refractivity contribution in [3.8, 4) is 0 Å². The second-order valence-electron chi connectivity index (χ2n) is 8.50. The molecule has 2 aliphatic rings. The van der Waals surface area contributed by atoms with E-state index >= 15 is 0 Å². The predicted molar refractivity (Wildman–Crippen MR) is 119 cm³/mol. The van der Waals surface area contributed by atoms with Crippen molar-refractivity contribution in [3.05, 3.63) is 24.3 Å². The molecule has 1 heterocycles. The van der Waals surface area contributed by atoms with E-state index in [9.17, 15) is 18.0 Å². The fourth-order valence-electron chi connectivity index (χ4n) is 4.23. The molecule has 1 aromatic carbocycles. The molecule has 10 heteroatoms. The number of amides is 3. The fourth-order valence-corrected chi connectivity index (χ4v) is 4.75. The summed E-state index contributed by atoms with van der Waals surface area (Å²) in [7, 11) is -3.76. The van der Waals surface area contributed by atoms with Crippen LogP contribution in [0.25, 0.3) is 0 Å². The van der Waals surface area contributed by atoms with Gasteiger partial charge in [-0.3, -0.25) is 9.69 Å². The lowest BCUT2D eigenvalue weighted by Crippen LogP contribution is -2.53. The summed E-state index contributed by atoms with van der Waals surface area (Å²) in [5.74, 6) is -0.162. The normalized spacial score (nSPS) is 20.1. The minimum absolute atomic E-state index is 0.000596. The molecule has 3 amide bonds. The second kappa shape index (κ2) is 10.4. The van der Waals surface area contributed by atoms with Crippen LogP contribution in [0, 0.1) is 0 Å². The Morgan fingerprint density at radius 2 is 1.52 bits per heavy atom. The number of sulfonamides is 1. The molecule has 172 valence electrons. The van der Waals surface area contributed by atoms with Crippen LogP contribution >= 0.6 is 0 Å². The summed E-state index contributed by atoms with van der Waals surface area (Å²) < 4.78 is 22.7. The van der Waals surface area contributed by atoms with E-state index in [1.807, 2.05) is 6.92 Å². The predicted octanol–water partition coefficient (Wildman–Crippen LogP) is 1.76. The molecule has 1 unspecified atom stereocenters. The molecule has 1 aromatic rings. The van der Waals surface area contributed by atoms with Gasteiger partial charge in [-0.1, -0.05) is 19.3 Å². The molecule has 0 radical (unpaired) electrons. The van der Waals surface area contributed by atoms with E-state index in [0.29, 0.717) is 18.8 Å². The zero-order chi connectivity index (χ0) is 22.4. The highest BCUT2D eigenvalue weighted by atomic mass is 32.2. The average Bonchev–Trinajstić information content (AvgIpc) is 2.74. The number of carbonyl (C=O) groups excluding carboxylic acids is 2. The number of nitrogens with one attached hydrogen (secondary N) is 3. The van der Waals surface area contributed by atoms with Crippen LogP contribution in [0.5, 0.6) is 0 Å². The third kappa shape index (κ3) is 6.91. The summed E-state index contributed by atoms with van der Waals surface area (Å²) in [4.78, 5) is 26.9. The SMILES string of the molecule is CC(C(=O)Nc1ccc(S(N)(=O)=O)cc1)N1CCC(NC(=O)NC2CCCCC2)CC1. The van der Waals surface area contributed by atoms with Gasteiger partial charge in [-0.25, -0.2) is 18.4 Å². The van der Waals surface area contributed by atoms with Gasteiger partial charge in [0.2, 0.25) is 15.9 Å². The van der Waals surface area contributed by atoms with Gasteiger partial charge >= 0.3 is 6.03 Å². The zero-order valence-corrected chi connectivity index (χ0v) is 18.8. The maximum Gasteiger partial charge on any atom is 0.315 e. The number of urea groups is 1. The molecule has 3 rings (SSSR count). The summed E-state index contributed by atoms with van der Waals surface area (Å²) >= 11 is 0. The first kappa shape index (κ1) is 23.5. The maximum absolute atomic E-state index is 12.6. The van der Waals surface area contributed by atoms with Gasteiger partial charge in [-0.05, 0) is 56.9 Å². The minimum atomic E-state index is -3.76. The van der Waals surface area contributed by atoms with Gasteiger partial charge < -0.3 is 16.0 Å². The maximum atomic E-state index is 12.6. The molecule has 1 atom stereocenters. The van der Waals surface area contributed by atoms with Crippen molar-refractivity contribution < 1.29 is 18.0 Å². The van der Waals surface area contributed by atoms with Gasteiger partial charge in [-0.2, -0.15) is 0 Å². The number of primary sulfonamides is 1. The Labute approximate surface area is 184 Å². The minimum Gasteiger partial charge on any atom is -0.335 e. The van der Waals surface area contributed by atoms with Crippen LogP contribution in [0.1, 0.15) is 51.9 Å². The lowest BCUT2D eigenvalue weighted by molar-refractivity contribution is -0.121. The molecule has 31 heavy (non-hydrogen) atoms. The van der Waals surface area contributed by atoms with Crippen LogP contribution in [-0.2, 0) is 14.8 Å². The summed E-state index contributed by atoms with van der Waals surface area (Å²) in [5, 5.41) is 14.1. The molecule has 2 fully saturated rings. The van der Waals surface area contributed by atoms with Gasteiger partial charge in [0.1, 0.15) is 0 Å². The Balaban J connectivity index is 1.42. The van der Waals surface area contributed by atoms with Crippen molar-refractivity contribution in [3.63, 3.8) is 0 Å². The smallest absolute Gasteiger partial charge is 0.315 e. The Bertz CT molecular complexity index is 860. The number of carbonyl (C=O) groups is 2. The van der Waals surface area contributed by atoms with Crippen molar-refractivity contribution in [2.75, 3.05) is 18.4 Å². The summed E-state index contributed by atoms with van der Waals surface area (Å²) in [5.41, 5.74) is 0.514. The Morgan fingerprint density at radius 1 is 0.968 bits per heavy atom. The monoisotopic (exact) mass is 451 g/mol. The molecule has 0 aromatic heterocycles. The fraction of sp³-hybridized carbons (Fsp3) is 0.619. The Hall–Kier alpha value is -2.17. The molecular weight excluding hydrogens is 418 g/mol. The number of anilines is 1. The molecule has 1 aliphatic heterocycles. The molecule has 9 nitrogen and oxygen atoms in total. The molecule has 1 saturated heterocycles. The summed E-state index contributed by atoms with van der Waals surface area (Å²) in [6.07, 6.45) is 7.31. The van der Waals surface area contributed by atoms with E-state index in [0.717, 1.165) is 25.7 Å². The van der Waals surface area contributed by atoms with Crippen LogP contribution in [0.4, 0.5) is 10.5 Å². The number of hydrogen-bond acceptors (Lipinski definition) is 5. The van der Waals surface area contributed by atoms with Crippen LogP contribution in [0.3, 0.4) is 0 Å². The lowest BCUT2D eigenvalue weighted by Gasteiger charge is -2.35. The third-order valence-electron chi connectivity index (χ3n) is 6.18. The van der Waals surface area contributed by atoms with E-state index < -0.39 is 10.0 Å². The number of nitrogens with zero attached hydrogens (tertiary/aromatic N) is 1. The van der Waals surface area contributed by atoms with E-state index in [1.165, 1.54) is 43.5 Å². The molecular formula is C21H33N5O4S. The summed E-state index contributed by atoms with van der Waals surface area (Å²) in [6.45, 7) is 3.28. The molecule has 0 spiro atoms. The van der Waals surface area contributed by atoms with Crippen LogP contribution in [0.15, 0.2) is 29.2 Å². The molecule has 5 N–H and O–H groups in total. The molecule has 1 aliphatic carbocycles. The van der Waals surface area contributed by atoms with Crippen LogP contribution in [-0.4, -0.2) is 56.5 Å². The highest BCUT2D eigenvalue weighted by Gasteiger charge is 2.28. The van der Waals surface area contributed by atoms with Gasteiger partial charge in [-0.15, -0.1) is 0 Å². The topological polar surface area (TPSA) is 134 Å². The second-order valence-corrected chi connectivity index (χ2v) is 10.1. The van der Waals surface area contributed by atoms with Crippen molar-refractivity contribution in [2.24, 2.45) is 5.14 Å². The quantitative estimate of drug-likeness (QED) is 0.523. The zero-order valence-electron chi connectivity index (χ0n) is 18.0. The Kier molecular flexibility index (Phi) is 7.90.